The third kappa shape index (κ3) is 6.21. The molecule has 0 saturated heterocycles. The van der Waals surface area contributed by atoms with E-state index in [1.165, 1.54) is 10.6 Å². The Morgan fingerprint density at radius 3 is 2.32 bits per heavy atom. The molecule has 0 aliphatic rings. The number of carbonyl (C=O) groups excluding carboxylic acids is 1. The molecule has 0 aliphatic carbocycles. The first-order chi connectivity index (χ1) is 11.9. The number of carbonyl (C=O) groups is 1. The number of benzene rings is 2. The van der Waals surface area contributed by atoms with Crippen LogP contribution < -0.4 is 10.6 Å². The molecule has 2 amide bonds. The van der Waals surface area contributed by atoms with Crippen LogP contribution >= 0.6 is 0 Å². The van der Waals surface area contributed by atoms with E-state index in [1.54, 1.807) is 12.1 Å². The van der Waals surface area contributed by atoms with Crippen LogP contribution in [0.1, 0.15) is 11.1 Å². The van der Waals surface area contributed by atoms with E-state index in [1.807, 2.05) is 49.4 Å². The van der Waals surface area contributed by atoms with Crippen LogP contribution in [-0.4, -0.2) is 38.1 Å². The molecule has 0 fully saturated rings. The minimum Gasteiger partial charge on any atom is -0.337 e. The Morgan fingerprint density at radius 2 is 1.68 bits per heavy atom. The zero-order valence-electron chi connectivity index (χ0n) is 14.4. The molecule has 0 radical (unpaired) electrons. The molecule has 2 rings (SSSR count). The fraction of sp³-hybridized carbons (Fsp3) is 0.278. The summed E-state index contributed by atoms with van der Waals surface area (Å²) >= 11 is 0. The zero-order chi connectivity index (χ0) is 18.3. The maximum atomic E-state index is 12.0. The molecule has 0 aromatic heterocycles. The second-order valence-electron chi connectivity index (χ2n) is 5.77. The normalized spacial score (nSPS) is 11.3. The van der Waals surface area contributed by atoms with Gasteiger partial charge in [0.05, 0.1) is 6.26 Å². The van der Waals surface area contributed by atoms with E-state index in [2.05, 4.69) is 10.6 Å². The van der Waals surface area contributed by atoms with Crippen molar-refractivity contribution >= 4 is 21.7 Å². The monoisotopic (exact) mass is 361 g/mol. The van der Waals surface area contributed by atoms with Crippen LogP contribution in [0.2, 0.25) is 0 Å². The van der Waals surface area contributed by atoms with Gasteiger partial charge in [0.1, 0.15) is 0 Å². The fourth-order valence-corrected chi connectivity index (χ4v) is 3.13. The van der Waals surface area contributed by atoms with Crippen LogP contribution in [0.15, 0.2) is 54.6 Å². The number of hydrogen-bond acceptors (Lipinski definition) is 3. The molecule has 0 aliphatic heterocycles. The van der Waals surface area contributed by atoms with E-state index in [4.69, 9.17) is 0 Å². The van der Waals surface area contributed by atoms with Crippen molar-refractivity contribution in [3.05, 3.63) is 65.7 Å². The minimum absolute atomic E-state index is 0.204. The second kappa shape index (κ2) is 8.64. The molecule has 6 nitrogen and oxygen atoms in total. The van der Waals surface area contributed by atoms with E-state index in [9.17, 15) is 13.2 Å². The van der Waals surface area contributed by atoms with Gasteiger partial charge in [0.15, 0.2) is 0 Å². The van der Waals surface area contributed by atoms with Crippen molar-refractivity contribution in [1.82, 2.24) is 9.62 Å². The summed E-state index contributed by atoms with van der Waals surface area (Å²) < 4.78 is 25.4. The van der Waals surface area contributed by atoms with Gasteiger partial charge in [-0.15, -0.1) is 0 Å². The van der Waals surface area contributed by atoms with Crippen LogP contribution in [0.3, 0.4) is 0 Å². The summed E-state index contributed by atoms with van der Waals surface area (Å²) in [6, 6.07) is 16.3. The van der Waals surface area contributed by atoms with Crippen molar-refractivity contribution in [3.8, 4) is 0 Å². The lowest BCUT2D eigenvalue weighted by Gasteiger charge is -2.21. The first kappa shape index (κ1) is 19.0. The number of nitrogens with zero attached hydrogens (tertiary/aromatic N) is 1. The highest BCUT2D eigenvalue weighted by Gasteiger charge is 2.17. The third-order valence-corrected chi connectivity index (χ3v) is 5.01. The van der Waals surface area contributed by atoms with E-state index < -0.39 is 10.0 Å². The zero-order valence-corrected chi connectivity index (χ0v) is 15.2. The highest BCUT2D eigenvalue weighted by atomic mass is 32.2. The SMILES string of the molecule is Cc1ccccc1CN(CCNC(=O)Nc1ccccc1)S(C)(=O)=O. The molecule has 7 heteroatoms. The Kier molecular flexibility index (Phi) is 6.55. The maximum absolute atomic E-state index is 12.0. The van der Waals surface area contributed by atoms with Gasteiger partial charge < -0.3 is 10.6 Å². The number of amides is 2. The van der Waals surface area contributed by atoms with E-state index in [0.29, 0.717) is 5.69 Å². The van der Waals surface area contributed by atoms with E-state index in [-0.39, 0.29) is 25.7 Å². The molecular formula is C18H23N3O3S. The van der Waals surface area contributed by atoms with Crippen LogP contribution in [-0.2, 0) is 16.6 Å². The standard InChI is InChI=1S/C18H23N3O3S/c1-15-8-6-7-9-16(15)14-21(25(2,23)24)13-12-19-18(22)20-17-10-4-3-5-11-17/h3-11H,12-14H2,1-2H3,(H2,19,20,22). The van der Waals surface area contributed by atoms with Crippen LogP contribution in [0.25, 0.3) is 0 Å². The van der Waals surface area contributed by atoms with Gasteiger partial charge in [0.2, 0.25) is 10.0 Å². The first-order valence-corrected chi connectivity index (χ1v) is 9.80. The Bertz CT molecular complexity index is 807. The number of hydrogen-bond donors (Lipinski definition) is 2. The summed E-state index contributed by atoms with van der Waals surface area (Å²) in [5, 5.41) is 5.37. The number of sulfonamides is 1. The summed E-state index contributed by atoms with van der Waals surface area (Å²) in [7, 11) is -3.38. The minimum atomic E-state index is -3.38. The van der Waals surface area contributed by atoms with Gasteiger partial charge in [0, 0.05) is 25.3 Å². The summed E-state index contributed by atoms with van der Waals surface area (Å²) in [6.45, 7) is 2.65. The van der Waals surface area contributed by atoms with Gasteiger partial charge in [-0.05, 0) is 30.2 Å². The summed E-state index contributed by atoms with van der Waals surface area (Å²) in [5.41, 5.74) is 2.66. The molecule has 2 N–H and O–H groups in total. The average molecular weight is 361 g/mol. The molecule has 134 valence electrons. The lowest BCUT2D eigenvalue weighted by Crippen LogP contribution is -2.39. The lowest BCUT2D eigenvalue weighted by molar-refractivity contribution is 0.251. The van der Waals surface area contributed by atoms with Crippen molar-refractivity contribution in [1.29, 1.82) is 0 Å². The highest BCUT2D eigenvalue weighted by molar-refractivity contribution is 7.88. The highest BCUT2D eigenvalue weighted by Crippen LogP contribution is 2.12. The van der Waals surface area contributed by atoms with Crippen LogP contribution in [0, 0.1) is 6.92 Å². The first-order valence-electron chi connectivity index (χ1n) is 7.96. The van der Waals surface area contributed by atoms with E-state index >= 15 is 0 Å². The number of nitrogens with one attached hydrogen (secondary N) is 2. The maximum Gasteiger partial charge on any atom is 0.319 e. The summed E-state index contributed by atoms with van der Waals surface area (Å²) in [5.74, 6) is 0. The number of urea groups is 1. The lowest BCUT2D eigenvalue weighted by atomic mass is 10.1. The molecule has 0 spiro atoms. The molecule has 0 heterocycles. The molecule has 0 bridgehead atoms. The van der Waals surface area contributed by atoms with Gasteiger partial charge in [-0.1, -0.05) is 42.5 Å². The van der Waals surface area contributed by atoms with Gasteiger partial charge in [-0.25, -0.2) is 13.2 Å². The van der Waals surface area contributed by atoms with Gasteiger partial charge in [-0.3, -0.25) is 0 Å². The smallest absolute Gasteiger partial charge is 0.319 e. The molecule has 0 unspecified atom stereocenters. The Labute approximate surface area is 148 Å². The third-order valence-electron chi connectivity index (χ3n) is 3.76. The van der Waals surface area contributed by atoms with Crippen molar-refractivity contribution in [2.45, 2.75) is 13.5 Å². The fourth-order valence-electron chi connectivity index (χ4n) is 2.33. The Balaban J connectivity index is 1.90. The van der Waals surface area contributed by atoms with Crippen molar-refractivity contribution < 1.29 is 13.2 Å². The number of rotatable bonds is 7. The van der Waals surface area contributed by atoms with Crippen LogP contribution in [0.4, 0.5) is 10.5 Å². The molecule has 2 aromatic carbocycles. The molecular weight excluding hydrogens is 338 g/mol. The predicted molar refractivity (Wildman–Crippen MR) is 99.9 cm³/mol. The summed E-state index contributed by atoms with van der Waals surface area (Å²) in [4.78, 5) is 11.9. The topological polar surface area (TPSA) is 78.5 Å². The van der Waals surface area contributed by atoms with Gasteiger partial charge >= 0.3 is 6.03 Å². The quantitative estimate of drug-likeness (QED) is 0.796. The Morgan fingerprint density at radius 1 is 1.04 bits per heavy atom. The average Bonchev–Trinajstić information content (AvgIpc) is 2.55. The second-order valence-corrected chi connectivity index (χ2v) is 7.75. The Hall–Kier alpha value is -2.38. The molecule has 2 aromatic rings. The van der Waals surface area contributed by atoms with Gasteiger partial charge in [0.25, 0.3) is 0 Å². The molecule has 0 atom stereocenters. The van der Waals surface area contributed by atoms with Crippen molar-refractivity contribution in [3.63, 3.8) is 0 Å². The van der Waals surface area contributed by atoms with E-state index in [0.717, 1.165) is 11.1 Å². The summed E-state index contributed by atoms with van der Waals surface area (Å²) in [6.07, 6.45) is 1.18. The van der Waals surface area contributed by atoms with Gasteiger partial charge in [-0.2, -0.15) is 4.31 Å². The number of aryl methyl sites for hydroxylation is 1. The number of anilines is 1. The van der Waals surface area contributed by atoms with Crippen molar-refractivity contribution in [2.75, 3.05) is 24.7 Å². The van der Waals surface area contributed by atoms with Crippen LogP contribution in [0.5, 0.6) is 0 Å². The predicted octanol–water partition coefficient (Wildman–Crippen LogP) is 2.58. The molecule has 0 saturated carbocycles. The molecule has 25 heavy (non-hydrogen) atoms. The van der Waals surface area contributed by atoms with Crippen molar-refractivity contribution in [2.24, 2.45) is 0 Å². The largest absolute Gasteiger partial charge is 0.337 e. The number of para-hydroxylation sites is 1.